The average Bonchev–Trinajstić information content (AvgIpc) is 2.37. The normalized spacial score (nSPS) is 23.5. The molecule has 1 fully saturated rings. The van der Waals surface area contributed by atoms with Gasteiger partial charge in [0.1, 0.15) is 0 Å². The van der Waals surface area contributed by atoms with Gasteiger partial charge in [-0.05, 0) is 30.0 Å². The zero-order valence-corrected chi connectivity index (χ0v) is 12.3. The van der Waals surface area contributed by atoms with Gasteiger partial charge in [-0.1, -0.05) is 36.2 Å². The predicted octanol–water partition coefficient (Wildman–Crippen LogP) is 2.77. The molecule has 1 amide bonds. The Balaban J connectivity index is 2.05. The molecule has 1 heterocycles. The molecule has 19 heavy (non-hydrogen) atoms. The number of carbonyl (C=O) groups is 1. The number of hydrogen-bond donors (Lipinski definition) is 1. The summed E-state index contributed by atoms with van der Waals surface area (Å²) in [6.07, 6.45) is 0.558. The third kappa shape index (κ3) is 3.41. The van der Waals surface area contributed by atoms with Crippen molar-refractivity contribution in [1.29, 1.82) is 0 Å². The highest BCUT2D eigenvalue weighted by molar-refractivity contribution is 6.36. The first-order chi connectivity index (χ1) is 8.99. The molecule has 0 spiro atoms. The number of halogens is 2. The number of amides is 1. The number of β-amino-alcohol motifs (C(OH)–C–C–N with tert-alkyl or cyclic N) is 1. The van der Waals surface area contributed by atoms with Crippen LogP contribution in [-0.2, 0) is 11.2 Å². The van der Waals surface area contributed by atoms with Crippen LogP contribution in [0.1, 0.15) is 18.9 Å². The van der Waals surface area contributed by atoms with E-state index in [4.69, 9.17) is 23.2 Å². The van der Waals surface area contributed by atoms with Gasteiger partial charge in [-0.3, -0.25) is 4.79 Å². The van der Waals surface area contributed by atoms with Crippen molar-refractivity contribution in [1.82, 2.24) is 4.90 Å². The zero-order chi connectivity index (χ0) is 14.0. The predicted molar refractivity (Wildman–Crippen MR) is 76.5 cm³/mol. The van der Waals surface area contributed by atoms with Gasteiger partial charge < -0.3 is 10.0 Å². The highest BCUT2D eigenvalue weighted by Gasteiger charge is 2.27. The van der Waals surface area contributed by atoms with E-state index in [-0.39, 0.29) is 18.2 Å². The van der Waals surface area contributed by atoms with Crippen LogP contribution in [0.4, 0.5) is 0 Å². The van der Waals surface area contributed by atoms with Crippen LogP contribution in [0.5, 0.6) is 0 Å². The highest BCUT2D eigenvalue weighted by Crippen LogP contribution is 2.26. The summed E-state index contributed by atoms with van der Waals surface area (Å²) in [7, 11) is 0. The van der Waals surface area contributed by atoms with Crippen molar-refractivity contribution in [3.63, 3.8) is 0 Å². The molecule has 1 N–H and O–H groups in total. The van der Waals surface area contributed by atoms with Crippen molar-refractivity contribution in [2.24, 2.45) is 5.92 Å². The number of carbonyl (C=O) groups excluding carboxylic acids is 1. The van der Waals surface area contributed by atoms with Crippen molar-refractivity contribution in [2.45, 2.75) is 25.9 Å². The molecule has 1 saturated heterocycles. The van der Waals surface area contributed by atoms with Gasteiger partial charge >= 0.3 is 0 Å². The lowest BCUT2D eigenvalue weighted by molar-refractivity contribution is -0.134. The van der Waals surface area contributed by atoms with Crippen molar-refractivity contribution >= 4 is 29.1 Å². The fourth-order valence-corrected chi connectivity index (χ4v) is 2.77. The van der Waals surface area contributed by atoms with Gasteiger partial charge in [-0.15, -0.1) is 0 Å². The number of rotatable bonds is 2. The molecular formula is C14H17Cl2NO2. The van der Waals surface area contributed by atoms with E-state index in [1.165, 1.54) is 0 Å². The summed E-state index contributed by atoms with van der Waals surface area (Å²) < 4.78 is 0. The van der Waals surface area contributed by atoms with Crippen LogP contribution in [0.3, 0.4) is 0 Å². The molecule has 104 valence electrons. The van der Waals surface area contributed by atoms with Crippen LogP contribution in [0.15, 0.2) is 18.2 Å². The number of nitrogens with zero attached hydrogens (tertiary/aromatic N) is 1. The van der Waals surface area contributed by atoms with Gasteiger partial charge in [0.05, 0.1) is 12.5 Å². The lowest BCUT2D eigenvalue weighted by Gasteiger charge is -2.34. The van der Waals surface area contributed by atoms with Gasteiger partial charge in [0.25, 0.3) is 0 Å². The molecule has 3 nitrogen and oxygen atoms in total. The van der Waals surface area contributed by atoms with Crippen LogP contribution >= 0.6 is 23.2 Å². The molecule has 5 heteroatoms. The Morgan fingerprint density at radius 3 is 2.63 bits per heavy atom. The molecule has 1 aliphatic rings. The quantitative estimate of drug-likeness (QED) is 0.912. The van der Waals surface area contributed by atoms with Crippen LogP contribution in [0.25, 0.3) is 0 Å². The van der Waals surface area contributed by atoms with Gasteiger partial charge in [0, 0.05) is 23.1 Å². The molecular weight excluding hydrogens is 285 g/mol. The number of piperidine rings is 1. The maximum absolute atomic E-state index is 12.2. The maximum Gasteiger partial charge on any atom is 0.227 e. The van der Waals surface area contributed by atoms with E-state index in [1.54, 1.807) is 23.1 Å². The van der Waals surface area contributed by atoms with E-state index >= 15 is 0 Å². The molecule has 2 rings (SSSR count). The second kappa shape index (κ2) is 6.12. The van der Waals surface area contributed by atoms with Crippen molar-refractivity contribution in [3.05, 3.63) is 33.8 Å². The van der Waals surface area contributed by atoms with Gasteiger partial charge in [0.15, 0.2) is 0 Å². The SMILES string of the molecule is CC1CCN(C(=O)Cc2c(Cl)cccc2Cl)CC1O. The Labute approximate surface area is 123 Å². The Morgan fingerprint density at radius 2 is 2.05 bits per heavy atom. The van der Waals surface area contributed by atoms with Gasteiger partial charge in [-0.25, -0.2) is 0 Å². The molecule has 1 aliphatic heterocycles. The second-order valence-electron chi connectivity index (χ2n) is 5.05. The fraction of sp³-hybridized carbons (Fsp3) is 0.500. The van der Waals surface area contributed by atoms with E-state index in [9.17, 15) is 9.90 Å². The van der Waals surface area contributed by atoms with E-state index in [0.29, 0.717) is 28.7 Å². The summed E-state index contributed by atoms with van der Waals surface area (Å²) >= 11 is 12.1. The number of likely N-dealkylation sites (tertiary alicyclic amines) is 1. The van der Waals surface area contributed by atoms with Gasteiger partial charge in [-0.2, -0.15) is 0 Å². The summed E-state index contributed by atoms with van der Waals surface area (Å²) in [5.74, 6) is 0.203. The number of hydrogen-bond acceptors (Lipinski definition) is 2. The third-order valence-electron chi connectivity index (χ3n) is 3.66. The monoisotopic (exact) mass is 301 g/mol. The highest BCUT2D eigenvalue weighted by atomic mass is 35.5. The summed E-state index contributed by atoms with van der Waals surface area (Å²) in [5.41, 5.74) is 0.656. The minimum atomic E-state index is -0.445. The molecule has 0 aromatic heterocycles. The Hall–Kier alpha value is -0.770. The first-order valence-corrected chi connectivity index (χ1v) is 7.13. The molecule has 2 atom stereocenters. The van der Waals surface area contributed by atoms with Crippen LogP contribution in [-0.4, -0.2) is 35.1 Å². The lowest BCUT2D eigenvalue weighted by Crippen LogP contribution is -2.46. The molecule has 0 saturated carbocycles. The zero-order valence-electron chi connectivity index (χ0n) is 10.8. The standard InChI is InChI=1S/C14H17Cl2NO2/c1-9-5-6-17(8-13(9)18)14(19)7-10-11(15)3-2-4-12(10)16/h2-4,9,13,18H,5-8H2,1H3. The molecule has 2 unspecified atom stereocenters. The van der Waals surface area contributed by atoms with Crippen molar-refractivity contribution < 1.29 is 9.90 Å². The molecule has 0 bridgehead atoms. The smallest absolute Gasteiger partial charge is 0.227 e. The van der Waals surface area contributed by atoms with Crippen LogP contribution in [0, 0.1) is 5.92 Å². The Bertz CT molecular complexity index is 458. The van der Waals surface area contributed by atoms with Crippen LogP contribution in [0.2, 0.25) is 10.0 Å². The first-order valence-electron chi connectivity index (χ1n) is 6.37. The first kappa shape index (κ1) is 14.6. The minimum absolute atomic E-state index is 0.0408. The number of benzene rings is 1. The third-order valence-corrected chi connectivity index (χ3v) is 4.37. The summed E-state index contributed by atoms with van der Waals surface area (Å²) in [5, 5.41) is 10.8. The number of aliphatic hydroxyl groups is 1. The molecule has 1 aromatic carbocycles. The fourth-order valence-electron chi connectivity index (χ4n) is 2.24. The Kier molecular flexibility index (Phi) is 4.71. The van der Waals surface area contributed by atoms with E-state index in [0.717, 1.165) is 6.42 Å². The minimum Gasteiger partial charge on any atom is -0.391 e. The maximum atomic E-state index is 12.2. The number of aliphatic hydroxyl groups excluding tert-OH is 1. The Morgan fingerprint density at radius 1 is 1.42 bits per heavy atom. The van der Waals surface area contributed by atoms with Crippen molar-refractivity contribution in [2.75, 3.05) is 13.1 Å². The largest absolute Gasteiger partial charge is 0.391 e. The summed E-state index contributed by atoms with van der Waals surface area (Å²) in [4.78, 5) is 13.9. The van der Waals surface area contributed by atoms with Crippen molar-refractivity contribution in [3.8, 4) is 0 Å². The van der Waals surface area contributed by atoms with Crippen LogP contribution < -0.4 is 0 Å². The second-order valence-corrected chi connectivity index (χ2v) is 5.86. The average molecular weight is 302 g/mol. The summed E-state index contributed by atoms with van der Waals surface area (Å²) in [6, 6.07) is 5.21. The molecule has 0 radical (unpaired) electrons. The summed E-state index contributed by atoms with van der Waals surface area (Å²) in [6.45, 7) is 3.07. The topological polar surface area (TPSA) is 40.5 Å². The molecule has 0 aliphatic carbocycles. The molecule has 1 aromatic rings. The van der Waals surface area contributed by atoms with E-state index in [1.807, 2.05) is 6.92 Å². The van der Waals surface area contributed by atoms with Gasteiger partial charge in [0.2, 0.25) is 5.91 Å². The van der Waals surface area contributed by atoms with E-state index < -0.39 is 6.10 Å². The lowest BCUT2D eigenvalue weighted by atomic mass is 9.95. The van der Waals surface area contributed by atoms with E-state index in [2.05, 4.69) is 0 Å².